The van der Waals surface area contributed by atoms with Crippen LogP contribution in [0.15, 0.2) is 18.2 Å². The van der Waals surface area contributed by atoms with Gasteiger partial charge in [0, 0.05) is 18.7 Å². The van der Waals surface area contributed by atoms with E-state index in [-0.39, 0.29) is 43.0 Å². The first-order chi connectivity index (χ1) is 15.9. The smallest absolute Gasteiger partial charge is 0.308 e. The lowest BCUT2D eigenvalue weighted by atomic mass is 10.0. The Morgan fingerprint density at radius 2 is 1.85 bits per heavy atom. The van der Waals surface area contributed by atoms with Crippen molar-refractivity contribution in [3.8, 4) is 0 Å². The summed E-state index contributed by atoms with van der Waals surface area (Å²) in [6.45, 7) is 3.70. The summed E-state index contributed by atoms with van der Waals surface area (Å²) in [6, 6.07) is 3.86. The first-order valence-corrected chi connectivity index (χ1v) is 10.8. The number of imide groups is 2. The summed E-state index contributed by atoms with van der Waals surface area (Å²) in [6.07, 6.45) is 0.366. The SMILES string of the molecule is CCOC(=O)CCOCCOCCNc1cccc2c1C(=O)N(C1CCC(=O)NC1=O)C2=O. The molecule has 2 aliphatic rings. The van der Waals surface area contributed by atoms with E-state index in [0.29, 0.717) is 38.7 Å². The van der Waals surface area contributed by atoms with Crippen LogP contribution in [0.5, 0.6) is 0 Å². The molecule has 11 nitrogen and oxygen atoms in total. The van der Waals surface area contributed by atoms with Crippen molar-refractivity contribution in [3.63, 3.8) is 0 Å². The number of piperidine rings is 1. The summed E-state index contributed by atoms with van der Waals surface area (Å²) in [7, 11) is 0. The van der Waals surface area contributed by atoms with Crippen molar-refractivity contribution in [2.45, 2.75) is 32.2 Å². The van der Waals surface area contributed by atoms with E-state index in [1.165, 1.54) is 6.07 Å². The molecular weight excluding hydrogens is 434 g/mol. The van der Waals surface area contributed by atoms with Gasteiger partial charge in [0.05, 0.1) is 50.6 Å². The largest absolute Gasteiger partial charge is 0.466 e. The van der Waals surface area contributed by atoms with Crippen LogP contribution in [-0.2, 0) is 28.6 Å². The van der Waals surface area contributed by atoms with Crippen molar-refractivity contribution in [3.05, 3.63) is 29.3 Å². The summed E-state index contributed by atoms with van der Waals surface area (Å²) in [5, 5.41) is 5.26. The van der Waals surface area contributed by atoms with E-state index in [1.54, 1.807) is 19.1 Å². The van der Waals surface area contributed by atoms with Crippen molar-refractivity contribution in [1.82, 2.24) is 10.2 Å². The lowest BCUT2D eigenvalue weighted by Gasteiger charge is -2.27. The zero-order valence-electron chi connectivity index (χ0n) is 18.4. The number of ether oxygens (including phenoxy) is 3. The maximum absolute atomic E-state index is 13.0. The summed E-state index contributed by atoms with van der Waals surface area (Å²) in [5.74, 6) is -2.48. The van der Waals surface area contributed by atoms with Gasteiger partial charge in [0.2, 0.25) is 11.8 Å². The zero-order valence-corrected chi connectivity index (χ0v) is 18.4. The Morgan fingerprint density at radius 3 is 2.58 bits per heavy atom. The highest BCUT2D eigenvalue weighted by molar-refractivity contribution is 6.25. The molecular formula is C22H27N3O8. The molecule has 1 atom stereocenters. The number of fused-ring (bicyclic) bond motifs is 1. The van der Waals surface area contributed by atoms with Gasteiger partial charge in [0.25, 0.3) is 11.8 Å². The minimum absolute atomic E-state index is 0.0683. The molecule has 0 radical (unpaired) electrons. The van der Waals surface area contributed by atoms with Crippen LogP contribution in [0.25, 0.3) is 0 Å². The van der Waals surface area contributed by atoms with Crippen LogP contribution in [0.2, 0.25) is 0 Å². The van der Waals surface area contributed by atoms with Crippen molar-refractivity contribution >= 4 is 35.3 Å². The highest BCUT2D eigenvalue weighted by atomic mass is 16.5. The molecule has 33 heavy (non-hydrogen) atoms. The molecule has 0 aliphatic carbocycles. The summed E-state index contributed by atoms with van der Waals surface area (Å²) < 4.78 is 15.6. The fourth-order valence-corrected chi connectivity index (χ4v) is 3.63. The number of nitrogens with zero attached hydrogens (tertiary/aromatic N) is 1. The predicted octanol–water partition coefficient (Wildman–Crippen LogP) is 0.486. The molecule has 2 N–H and O–H groups in total. The van der Waals surface area contributed by atoms with E-state index in [1.807, 2.05) is 0 Å². The van der Waals surface area contributed by atoms with Gasteiger partial charge in [-0.2, -0.15) is 0 Å². The third-order valence-corrected chi connectivity index (χ3v) is 5.16. The minimum atomic E-state index is -1.00. The fourth-order valence-electron chi connectivity index (χ4n) is 3.63. The van der Waals surface area contributed by atoms with Crippen molar-refractivity contribution in [2.24, 2.45) is 0 Å². The average molecular weight is 461 g/mol. The van der Waals surface area contributed by atoms with Crippen molar-refractivity contribution in [1.29, 1.82) is 0 Å². The highest BCUT2D eigenvalue weighted by Gasteiger charge is 2.45. The fraction of sp³-hybridized carbons (Fsp3) is 0.500. The predicted molar refractivity (Wildman–Crippen MR) is 114 cm³/mol. The Morgan fingerprint density at radius 1 is 1.09 bits per heavy atom. The van der Waals surface area contributed by atoms with E-state index in [2.05, 4.69) is 10.6 Å². The Labute approximate surface area is 190 Å². The molecule has 1 aromatic carbocycles. The molecule has 178 valence electrons. The van der Waals surface area contributed by atoms with E-state index in [4.69, 9.17) is 14.2 Å². The van der Waals surface area contributed by atoms with Crippen LogP contribution >= 0.6 is 0 Å². The molecule has 2 heterocycles. The van der Waals surface area contributed by atoms with E-state index in [9.17, 15) is 24.0 Å². The number of esters is 1. The lowest BCUT2D eigenvalue weighted by molar-refractivity contribution is -0.144. The molecule has 11 heteroatoms. The molecule has 1 saturated heterocycles. The van der Waals surface area contributed by atoms with Crippen LogP contribution in [0.1, 0.15) is 46.9 Å². The summed E-state index contributed by atoms with van der Waals surface area (Å²) >= 11 is 0. The second-order valence-corrected chi connectivity index (χ2v) is 7.38. The Kier molecular flexibility index (Phi) is 8.50. The summed E-state index contributed by atoms with van der Waals surface area (Å²) in [5.41, 5.74) is 0.884. The third-order valence-electron chi connectivity index (χ3n) is 5.16. The number of nitrogens with one attached hydrogen (secondary N) is 2. The average Bonchev–Trinajstić information content (AvgIpc) is 3.04. The van der Waals surface area contributed by atoms with Gasteiger partial charge in [-0.3, -0.25) is 34.2 Å². The Hall–Kier alpha value is -3.31. The quantitative estimate of drug-likeness (QED) is 0.258. The van der Waals surface area contributed by atoms with Crippen LogP contribution in [-0.4, -0.2) is 80.1 Å². The molecule has 1 aromatic rings. The molecule has 3 rings (SSSR count). The zero-order chi connectivity index (χ0) is 23.8. The molecule has 4 amide bonds. The number of hydrogen-bond donors (Lipinski definition) is 2. The number of rotatable bonds is 12. The van der Waals surface area contributed by atoms with Crippen LogP contribution in [0, 0.1) is 0 Å². The normalized spacial score (nSPS) is 17.7. The number of amides is 4. The molecule has 1 unspecified atom stereocenters. The standard InChI is InChI=1S/C22H27N3O8/c1-2-33-18(27)8-10-31-12-13-32-11-9-23-15-5-3-4-14-19(15)22(30)25(21(14)29)16-6-7-17(26)24-20(16)28/h3-5,16,23H,2,6-13H2,1H3,(H,24,26,28). The maximum Gasteiger partial charge on any atom is 0.308 e. The Balaban J connectivity index is 1.46. The molecule has 1 fully saturated rings. The maximum atomic E-state index is 13.0. The van der Waals surface area contributed by atoms with Gasteiger partial charge in [-0.15, -0.1) is 0 Å². The topological polar surface area (TPSA) is 140 Å². The van der Waals surface area contributed by atoms with Gasteiger partial charge in [-0.1, -0.05) is 6.07 Å². The second-order valence-electron chi connectivity index (χ2n) is 7.38. The highest BCUT2D eigenvalue weighted by Crippen LogP contribution is 2.32. The van der Waals surface area contributed by atoms with Gasteiger partial charge in [-0.05, 0) is 25.5 Å². The van der Waals surface area contributed by atoms with Gasteiger partial charge in [-0.25, -0.2) is 0 Å². The molecule has 0 saturated carbocycles. The van der Waals surface area contributed by atoms with Crippen molar-refractivity contribution in [2.75, 3.05) is 44.9 Å². The van der Waals surface area contributed by atoms with Crippen molar-refractivity contribution < 1.29 is 38.2 Å². The number of carbonyl (C=O) groups is 5. The first-order valence-electron chi connectivity index (χ1n) is 10.8. The van der Waals surface area contributed by atoms with Gasteiger partial charge in [0.1, 0.15) is 6.04 Å². The van der Waals surface area contributed by atoms with Crippen LogP contribution in [0.4, 0.5) is 5.69 Å². The number of carbonyl (C=O) groups excluding carboxylic acids is 5. The number of benzene rings is 1. The first kappa shape index (κ1) is 24.3. The lowest BCUT2D eigenvalue weighted by Crippen LogP contribution is -2.54. The van der Waals surface area contributed by atoms with Crippen LogP contribution < -0.4 is 10.6 Å². The van der Waals surface area contributed by atoms with E-state index >= 15 is 0 Å². The minimum Gasteiger partial charge on any atom is -0.466 e. The van der Waals surface area contributed by atoms with Crippen LogP contribution in [0.3, 0.4) is 0 Å². The summed E-state index contributed by atoms with van der Waals surface area (Å²) in [4.78, 5) is 61.5. The van der Waals surface area contributed by atoms with Gasteiger partial charge >= 0.3 is 5.97 Å². The second kappa shape index (κ2) is 11.5. The molecule has 0 spiro atoms. The number of anilines is 1. The van der Waals surface area contributed by atoms with Gasteiger partial charge < -0.3 is 19.5 Å². The van der Waals surface area contributed by atoms with E-state index < -0.39 is 29.7 Å². The monoisotopic (exact) mass is 461 g/mol. The molecule has 0 aromatic heterocycles. The molecule has 0 bridgehead atoms. The third kappa shape index (κ3) is 5.93. The van der Waals surface area contributed by atoms with E-state index in [0.717, 1.165) is 4.90 Å². The Bertz CT molecular complexity index is 932. The molecule has 2 aliphatic heterocycles. The van der Waals surface area contributed by atoms with Gasteiger partial charge in [0.15, 0.2) is 0 Å². The number of hydrogen-bond acceptors (Lipinski definition) is 9.